The van der Waals surface area contributed by atoms with Crippen LogP contribution in [0.4, 0.5) is 0 Å². The van der Waals surface area contributed by atoms with Crippen LogP contribution >= 0.6 is 26.6 Å². The molecule has 0 aromatic heterocycles. The molecule has 0 heterocycles. The maximum atomic E-state index is 11.3. The first-order chi connectivity index (χ1) is 7.84. The van der Waals surface area contributed by atoms with Gasteiger partial charge in [0.1, 0.15) is 0 Å². The van der Waals surface area contributed by atoms with Gasteiger partial charge in [-0.15, -0.1) is 0 Å². The molecule has 92 valence electrons. The van der Waals surface area contributed by atoms with Gasteiger partial charge in [-0.2, -0.15) is 0 Å². The molecule has 0 radical (unpaired) electrons. The first-order valence-electron chi connectivity index (χ1n) is 4.35. The highest BCUT2D eigenvalue weighted by Gasteiger charge is 2.14. The fraction of sp³-hybridized carbons (Fsp3) is 0.100. The fourth-order valence-corrected chi connectivity index (χ4v) is 2.68. The van der Waals surface area contributed by atoms with Crippen molar-refractivity contribution in [2.45, 2.75) is 4.90 Å². The molecule has 4 nitrogen and oxygen atoms in total. The van der Waals surface area contributed by atoms with E-state index in [-0.39, 0.29) is 4.90 Å². The Hall–Kier alpha value is -0.850. The second-order valence-electron chi connectivity index (χ2n) is 2.98. The maximum Gasteiger partial charge on any atom is 0.330 e. The summed E-state index contributed by atoms with van der Waals surface area (Å²) in [6.07, 6.45) is 2.45. The summed E-state index contributed by atoms with van der Waals surface area (Å²) in [5.41, 5.74) is 0.314. The number of rotatable bonds is 3. The van der Waals surface area contributed by atoms with E-state index in [0.29, 0.717) is 10.0 Å². The van der Waals surface area contributed by atoms with Gasteiger partial charge in [-0.3, -0.25) is 0 Å². The summed E-state index contributed by atoms with van der Waals surface area (Å²) in [6, 6.07) is 4.53. The smallest absolute Gasteiger partial charge is 0.330 e. The highest BCUT2D eigenvalue weighted by Crippen LogP contribution is 2.25. The molecule has 0 atom stereocenters. The molecule has 0 unspecified atom stereocenters. The minimum absolute atomic E-state index is 0.0753. The van der Waals surface area contributed by atoms with Gasteiger partial charge in [-0.05, 0) is 23.8 Å². The van der Waals surface area contributed by atoms with E-state index in [0.717, 1.165) is 6.08 Å². The lowest BCUT2D eigenvalue weighted by molar-refractivity contribution is -0.134. The lowest BCUT2D eigenvalue weighted by Crippen LogP contribution is -1.96. The normalized spacial score (nSPS) is 11.7. The van der Waals surface area contributed by atoms with E-state index >= 15 is 0 Å². The quantitative estimate of drug-likeness (QED) is 0.482. The molecule has 1 rings (SSSR count). The Kier molecular flexibility index (Phi) is 4.73. The summed E-state index contributed by atoms with van der Waals surface area (Å²) in [4.78, 5) is 10.8. The Bertz CT molecular complexity index is 566. The van der Waals surface area contributed by atoms with Gasteiger partial charge in [0.15, 0.2) is 0 Å². The average molecular weight is 340 g/mol. The van der Waals surface area contributed by atoms with Crippen molar-refractivity contribution in [1.29, 1.82) is 0 Å². The number of halogens is 2. The molecule has 0 bridgehead atoms. The third kappa shape index (κ3) is 4.14. The largest absolute Gasteiger partial charge is 0.466 e. The zero-order valence-corrected chi connectivity index (χ0v) is 11.8. The van der Waals surface area contributed by atoms with Crippen LogP contribution in [0.5, 0.6) is 0 Å². The van der Waals surface area contributed by atoms with Crippen molar-refractivity contribution in [1.82, 2.24) is 0 Å². The Morgan fingerprint density at radius 1 is 1.47 bits per heavy atom. The monoisotopic (exact) mass is 338 g/mol. The summed E-state index contributed by atoms with van der Waals surface area (Å²) in [5.74, 6) is -0.578. The minimum Gasteiger partial charge on any atom is -0.466 e. The molecule has 0 aliphatic carbocycles. The van der Waals surface area contributed by atoms with Crippen LogP contribution in [0, 0.1) is 0 Å². The Morgan fingerprint density at radius 2 is 2.12 bits per heavy atom. The first-order valence-corrected chi connectivity index (χ1v) is 7.45. The average Bonchev–Trinajstić information content (AvgIpc) is 2.25. The summed E-state index contributed by atoms with van der Waals surface area (Å²) in [6.45, 7) is 0. The lowest BCUT2D eigenvalue weighted by atomic mass is 10.2. The summed E-state index contributed by atoms with van der Waals surface area (Å²) >= 11 is 3.14. The van der Waals surface area contributed by atoms with Crippen molar-refractivity contribution in [3.63, 3.8) is 0 Å². The number of hydrogen-bond acceptors (Lipinski definition) is 4. The van der Waals surface area contributed by atoms with Gasteiger partial charge in [0.2, 0.25) is 0 Å². The van der Waals surface area contributed by atoms with Crippen LogP contribution in [0.2, 0.25) is 0 Å². The van der Waals surface area contributed by atoms with Crippen LogP contribution in [0.1, 0.15) is 5.56 Å². The molecule has 0 amide bonds. The second-order valence-corrected chi connectivity index (χ2v) is 6.43. The van der Waals surface area contributed by atoms with Crippen LogP contribution in [0.3, 0.4) is 0 Å². The number of methoxy groups -OCH3 is 1. The van der Waals surface area contributed by atoms with E-state index in [9.17, 15) is 13.2 Å². The van der Waals surface area contributed by atoms with Gasteiger partial charge in [-0.25, -0.2) is 13.2 Å². The van der Waals surface area contributed by atoms with E-state index in [4.69, 9.17) is 10.7 Å². The molecule has 0 N–H and O–H groups in total. The molecule has 0 aliphatic rings. The van der Waals surface area contributed by atoms with E-state index in [1.807, 2.05) is 0 Å². The topological polar surface area (TPSA) is 60.4 Å². The molecule has 0 fully saturated rings. The molecular weight excluding hydrogens is 332 g/mol. The number of esters is 1. The summed E-state index contributed by atoms with van der Waals surface area (Å²) < 4.78 is 27.6. The number of benzene rings is 1. The van der Waals surface area contributed by atoms with Gasteiger partial charge in [0, 0.05) is 21.2 Å². The van der Waals surface area contributed by atoms with Gasteiger partial charge < -0.3 is 4.74 Å². The molecule has 17 heavy (non-hydrogen) atoms. The van der Waals surface area contributed by atoms with Crippen LogP contribution in [0.25, 0.3) is 6.08 Å². The molecule has 1 aromatic rings. The molecule has 0 saturated carbocycles. The molecule has 0 aliphatic heterocycles. The Morgan fingerprint density at radius 3 is 2.65 bits per heavy atom. The van der Waals surface area contributed by atoms with Gasteiger partial charge >= 0.3 is 5.97 Å². The minimum atomic E-state index is -3.87. The molecule has 7 heteroatoms. The Balaban J connectivity index is 3.26. The highest BCUT2D eigenvalue weighted by molar-refractivity contribution is 9.10. The second kappa shape index (κ2) is 5.66. The van der Waals surface area contributed by atoms with E-state index < -0.39 is 15.0 Å². The third-order valence-corrected chi connectivity index (χ3v) is 3.71. The number of carbonyl (C=O) groups is 1. The zero-order valence-electron chi connectivity index (χ0n) is 8.68. The van der Waals surface area contributed by atoms with Crippen molar-refractivity contribution in [3.05, 3.63) is 34.3 Å². The standard InChI is InChI=1S/C10H8BrClO4S/c1-16-10(13)5-3-7-2-4-8(11)6-9(7)17(12,14)15/h2-6H,1H3. The molecule has 0 spiro atoms. The molecule has 0 saturated heterocycles. The van der Waals surface area contributed by atoms with Crippen molar-refractivity contribution in [2.75, 3.05) is 7.11 Å². The van der Waals surface area contributed by atoms with Crippen LogP contribution in [-0.4, -0.2) is 21.5 Å². The van der Waals surface area contributed by atoms with Crippen molar-refractivity contribution in [3.8, 4) is 0 Å². The lowest BCUT2D eigenvalue weighted by Gasteiger charge is -2.02. The van der Waals surface area contributed by atoms with Crippen LogP contribution in [0.15, 0.2) is 33.6 Å². The first kappa shape index (κ1) is 14.2. The predicted molar refractivity (Wildman–Crippen MR) is 68.2 cm³/mol. The number of hydrogen-bond donors (Lipinski definition) is 0. The van der Waals surface area contributed by atoms with Crippen molar-refractivity contribution >= 4 is 47.7 Å². The summed E-state index contributed by atoms with van der Waals surface area (Å²) in [5, 5.41) is 0. The van der Waals surface area contributed by atoms with E-state index in [2.05, 4.69) is 20.7 Å². The van der Waals surface area contributed by atoms with Gasteiger partial charge in [0.25, 0.3) is 9.05 Å². The summed E-state index contributed by atoms with van der Waals surface area (Å²) in [7, 11) is 2.64. The van der Waals surface area contributed by atoms with Crippen molar-refractivity contribution < 1.29 is 17.9 Å². The fourth-order valence-electron chi connectivity index (χ4n) is 1.08. The van der Waals surface area contributed by atoms with Gasteiger partial charge in [-0.1, -0.05) is 22.0 Å². The third-order valence-electron chi connectivity index (χ3n) is 1.84. The molecule has 1 aromatic carbocycles. The van der Waals surface area contributed by atoms with Crippen LogP contribution in [-0.2, 0) is 18.6 Å². The Labute approximate surface area is 112 Å². The van der Waals surface area contributed by atoms with Gasteiger partial charge in [0.05, 0.1) is 12.0 Å². The highest BCUT2D eigenvalue weighted by atomic mass is 79.9. The number of carbonyl (C=O) groups excluding carboxylic acids is 1. The molecular formula is C10H8BrClO4S. The number of ether oxygens (including phenoxy) is 1. The van der Waals surface area contributed by atoms with E-state index in [1.54, 1.807) is 6.07 Å². The predicted octanol–water partition coefficient (Wildman–Crippen LogP) is 2.56. The van der Waals surface area contributed by atoms with E-state index in [1.165, 1.54) is 25.3 Å². The van der Waals surface area contributed by atoms with Crippen molar-refractivity contribution in [2.24, 2.45) is 0 Å². The maximum absolute atomic E-state index is 11.3. The zero-order chi connectivity index (χ0) is 13.1. The SMILES string of the molecule is COC(=O)C=Cc1ccc(Br)cc1S(=O)(=O)Cl. The van der Waals surface area contributed by atoms with Crippen LogP contribution < -0.4 is 0 Å².